The summed E-state index contributed by atoms with van der Waals surface area (Å²) in [6.07, 6.45) is 1.58. The molecule has 0 radical (unpaired) electrons. The number of carbonyl (C=O) groups is 1. The molecule has 0 aliphatic carbocycles. The molecule has 0 spiro atoms. The second kappa shape index (κ2) is 2.69. The average molecular weight is 138 g/mol. The Morgan fingerprint density at radius 1 is 1.70 bits per heavy atom. The fraction of sp³-hybridized carbons (Fsp3) is 0.375. The molecular formula is C8H10O2. The second-order valence-corrected chi connectivity index (χ2v) is 2.35. The molecule has 10 heavy (non-hydrogen) atoms. The van der Waals surface area contributed by atoms with E-state index < -0.39 is 0 Å². The highest BCUT2D eigenvalue weighted by Crippen LogP contribution is 2.15. The minimum atomic E-state index is -0.102. The topological polar surface area (TPSA) is 30.2 Å². The van der Waals surface area contributed by atoms with Gasteiger partial charge in [0.15, 0.2) is 0 Å². The maximum absolute atomic E-state index is 10.8. The van der Waals surface area contributed by atoms with Crippen LogP contribution in [0.15, 0.2) is 22.8 Å². The summed E-state index contributed by atoms with van der Waals surface area (Å²) < 4.78 is 5.04. The van der Waals surface area contributed by atoms with E-state index in [-0.39, 0.29) is 11.7 Å². The number of Topliss-reactive ketones (excluding diaryl/α,β-unsaturated/α-hetero) is 1. The third-order valence-corrected chi connectivity index (χ3v) is 1.58. The van der Waals surface area contributed by atoms with Crippen LogP contribution in [0.4, 0.5) is 0 Å². The van der Waals surface area contributed by atoms with Gasteiger partial charge in [0.25, 0.3) is 0 Å². The second-order valence-electron chi connectivity index (χ2n) is 2.35. The molecule has 0 N–H and O–H groups in total. The number of hydrogen-bond donors (Lipinski definition) is 0. The average Bonchev–Trinajstić information content (AvgIpc) is 2.36. The number of hydrogen-bond acceptors (Lipinski definition) is 2. The first kappa shape index (κ1) is 7.06. The molecule has 1 rings (SSSR count). The van der Waals surface area contributed by atoms with Crippen LogP contribution in [0.25, 0.3) is 0 Å². The zero-order valence-electron chi connectivity index (χ0n) is 6.13. The van der Waals surface area contributed by atoms with Crippen molar-refractivity contribution >= 4 is 5.78 Å². The molecule has 54 valence electrons. The summed E-state index contributed by atoms with van der Waals surface area (Å²) in [5, 5.41) is 0. The van der Waals surface area contributed by atoms with Crippen molar-refractivity contribution in [3.63, 3.8) is 0 Å². The van der Waals surface area contributed by atoms with Gasteiger partial charge in [0.2, 0.25) is 0 Å². The van der Waals surface area contributed by atoms with E-state index in [0.717, 1.165) is 5.76 Å². The van der Waals surface area contributed by atoms with E-state index in [9.17, 15) is 4.79 Å². The van der Waals surface area contributed by atoms with Crippen molar-refractivity contribution in [2.75, 3.05) is 0 Å². The first-order chi connectivity index (χ1) is 4.72. The SMILES string of the molecule is CC(=O)C(C)c1ccco1. The van der Waals surface area contributed by atoms with E-state index in [0.29, 0.717) is 0 Å². The summed E-state index contributed by atoms with van der Waals surface area (Å²) in [7, 11) is 0. The monoisotopic (exact) mass is 138 g/mol. The van der Waals surface area contributed by atoms with Crippen LogP contribution in [-0.4, -0.2) is 5.78 Å². The van der Waals surface area contributed by atoms with E-state index in [2.05, 4.69) is 0 Å². The Kier molecular flexibility index (Phi) is 1.90. The van der Waals surface area contributed by atoms with Crippen LogP contribution in [0.3, 0.4) is 0 Å². The molecule has 0 amide bonds. The molecule has 0 saturated heterocycles. The van der Waals surface area contributed by atoms with E-state index >= 15 is 0 Å². The van der Waals surface area contributed by atoms with Gasteiger partial charge in [-0.1, -0.05) is 0 Å². The normalized spacial score (nSPS) is 13.0. The molecule has 0 fully saturated rings. The van der Waals surface area contributed by atoms with Crippen LogP contribution in [0.2, 0.25) is 0 Å². The van der Waals surface area contributed by atoms with Gasteiger partial charge in [0.1, 0.15) is 11.5 Å². The standard InChI is InChI=1S/C8H10O2/c1-6(7(2)9)8-4-3-5-10-8/h3-6H,1-2H3. The van der Waals surface area contributed by atoms with Crippen molar-refractivity contribution in [2.24, 2.45) is 0 Å². The van der Waals surface area contributed by atoms with Gasteiger partial charge in [-0.3, -0.25) is 4.79 Å². The summed E-state index contributed by atoms with van der Waals surface area (Å²) in [5.41, 5.74) is 0. The minimum Gasteiger partial charge on any atom is -0.469 e. The Balaban J connectivity index is 2.77. The van der Waals surface area contributed by atoms with E-state index in [1.807, 2.05) is 13.0 Å². The van der Waals surface area contributed by atoms with Crippen molar-refractivity contribution in [3.05, 3.63) is 24.2 Å². The minimum absolute atomic E-state index is 0.102. The fourth-order valence-corrected chi connectivity index (χ4v) is 0.738. The van der Waals surface area contributed by atoms with Crippen molar-refractivity contribution < 1.29 is 9.21 Å². The molecule has 0 saturated carbocycles. The summed E-state index contributed by atoms with van der Waals surface area (Å²) in [5.74, 6) is 0.775. The first-order valence-corrected chi connectivity index (χ1v) is 3.25. The largest absolute Gasteiger partial charge is 0.469 e. The highest BCUT2D eigenvalue weighted by atomic mass is 16.3. The molecule has 1 aromatic heterocycles. The van der Waals surface area contributed by atoms with Crippen LogP contribution in [0.1, 0.15) is 25.5 Å². The third-order valence-electron chi connectivity index (χ3n) is 1.58. The molecule has 0 aromatic carbocycles. The smallest absolute Gasteiger partial charge is 0.140 e. The summed E-state index contributed by atoms with van der Waals surface area (Å²) >= 11 is 0. The lowest BCUT2D eigenvalue weighted by Gasteiger charge is -2.00. The summed E-state index contributed by atoms with van der Waals surface area (Å²) in [6.45, 7) is 3.40. The molecule has 2 nitrogen and oxygen atoms in total. The van der Waals surface area contributed by atoms with E-state index in [1.165, 1.54) is 0 Å². The van der Waals surface area contributed by atoms with Gasteiger partial charge < -0.3 is 4.42 Å². The third kappa shape index (κ3) is 1.26. The molecule has 1 aromatic rings. The Hall–Kier alpha value is -1.05. The van der Waals surface area contributed by atoms with Crippen molar-refractivity contribution in [2.45, 2.75) is 19.8 Å². The lowest BCUT2D eigenvalue weighted by molar-refractivity contribution is -0.118. The number of carbonyl (C=O) groups excluding carboxylic acids is 1. The van der Waals surface area contributed by atoms with Crippen LogP contribution >= 0.6 is 0 Å². The Labute approximate surface area is 59.8 Å². The number of furan rings is 1. The van der Waals surface area contributed by atoms with Gasteiger partial charge in [0.05, 0.1) is 12.2 Å². The van der Waals surface area contributed by atoms with Crippen LogP contribution in [0, 0.1) is 0 Å². The molecule has 0 aliphatic rings. The quantitative estimate of drug-likeness (QED) is 0.625. The molecule has 1 heterocycles. The zero-order chi connectivity index (χ0) is 7.56. The van der Waals surface area contributed by atoms with Gasteiger partial charge in [-0.05, 0) is 26.0 Å². The maximum Gasteiger partial charge on any atom is 0.140 e. The molecule has 1 atom stereocenters. The van der Waals surface area contributed by atoms with Crippen LogP contribution < -0.4 is 0 Å². The Morgan fingerprint density at radius 2 is 2.40 bits per heavy atom. The Bertz CT molecular complexity index is 211. The summed E-state index contributed by atoms with van der Waals surface area (Å²) in [4.78, 5) is 10.8. The van der Waals surface area contributed by atoms with Crippen molar-refractivity contribution in [1.29, 1.82) is 0 Å². The number of rotatable bonds is 2. The van der Waals surface area contributed by atoms with Gasteiger partial charge in [-0.15, -0.1) is 0 Å². The maximum atomic E-state index is 10.8. The van der Waals surface area contributed by atoms with Gasteiger partial charge in [0, 0.05) is 0 Å². The number of ketones is 1. The van der Waals surface area contributed by atoms with Crippen molar-refractivity contribution in [3.8, 4) is 0 Å². The predicted octanol–water partition coefficient (Wildman–Crippen LogP) is 1.97. The highest BCUT2D eigenvalue weighted by molar-refractivity contribution is 5.82. The highest BCUT2D eigenvalue weighted by Gasteiger charge is 2.11. The fourth-order valence-electron chi connectivity index (χ4n) is 0.738. The summed E-state index contributed by atoms with van der Waals surface area (Å²) in [6, 6.07) is 3.60. The van der Waals surface area contributed by atoms with Gasteiger partial charge in [-0.2, -0.15) is 0 Å². The van der Waals surface area contributed by atoms with E-state index in [4.69, 9.17) is 4.42 Å². The predicted molar refractivity (Wildman–Crippen MR) is 37.8 cm³/mol. The van der Waals surface area contributed by atoms with Gasteiger partial charge in [-0.25, -0.2) is 0 Å². The van der Waals surface area contributed by atoms with Gasteiger partial charge >= 0.3 is 0 Å². The molecule has 0 bridgehead atoms. The van der Waals surface area contributed by atoms with Crippen molar-refractivity contribution in [1.82, 2.24) is 0 Å². The first-order valence-electron chi connectivity index (χ1n) is 3.25. The molecule has 2 heteroatoms. The lowest BCUT2D eigenvalue weighted by Crippen LogP contribution is -2.02. The molecular weight excluding hydrogens is 128 g/mol. The van der Waals surface area contributed by atoms with Crippen LogP contribution in [0.5, 0.6) is 0 Å². The lowest BCUT2D eigenvalue weighted by atomic mass is 10.1. The van der Waals surface area contributed by atoms with Crippen LogP contribution in [-0.2, 0) is 4.79 Å². The zero-order valence-corrected chi connectivity index (χ0v) is 6.13. The molecule has 0 aliphatic heterocycles. The Morgan fingerprint density at radius 3 is 2.80 bits per heavy atom. The van der Waals surface area contributed by atoms with E-state index in [1.54, 1.807) is 19.3 Å². The molecule has 1 unspecified atom stereocenters.